The summed E-state index contributed by atoms with van der Waals surface area (Å²) in [6.45, 7) is 5.36. The van der Waals surface area contributed by atoms with E-state index in [2.05, 4.69) is 17.9 Å². The number of hydrogen-bond donors (Lipinski definition) is 1. The Labute approximate surface area is 130 Å². The lowest BCUT2D eigenvalue weighted by molar-refractivity contribution is -0.157. The SMILES string of the molecule is COc1ccc(CN2C[C@@H]3COCC[C@]3(C(=O)O)C2)c(C)c1. The van der Waals surface area contributed by atoms with E-state index in [1.807, 2.05) is 12.1 Å². The fraction of sp³-hybridized carbons (Fsp3) is 0.588. The molecule has 0 aliphatic carbocycles. The fourth-order valence-electron chi connectivity index (χ4n) is 3.74. The molecule has 0 amide bonds. The van der Waals surface area contributed by atoms with Crippen molar-refractivity contribution in [2.75, 3.05) is 33.4 Å². The van der Waals surface area contributed by atoms with Gasteiger partial charge in [-0.25, -0.2) is 0 Å². The average molecular weight is 305 g/mol. The van der Waals surface area contributed by atoms with E-state index in [0.717, 1.165) is 18.8 Å². The van der Waals surface area contributed by atoms with Crippen LogP contribution in [0.4, 0.5) is 0 Å². The van der Waals surface area contributed by atoms with Crippen LogP contribution in [0, 0.1) is 18.3 Å². The number of nitrogens with zero attached hydrogens (tertiary/aromatic N) is 1. The second kappa shape index (κ2) is 5.89. The second-order valence-electron chi connectivity index (χ2n) is 6.45. The number of hydrogen-bond acceptors (Lipinski definition) is 4. The van der Waals surface area contributed by atoms with E-state index in [4.69, 9.17) is 9.47 Å². The summed E-state index contributed by atoms with van der Waals surface area (Å²) >= 11 is 0. The van der Waals surface area contributed by atoms with Crippen molar-refractivity contribution >= 4 is 5.97 Å². The minimum atomic E-state index is -0.672. The molecular weight excluding hydrogens is 282 g/mol. The van der Waals surface area contributed by atoms with Gasteiger partial charge in [-0.05, 0) is 36.6 Å². The van der Waals surface area contributed by atoms with Crippen molar-refractivity contribution in [1.82, 2.24) is 4.90 Å². The first-order chi connectivity index (χ1) is 10.5. The van der Waals surface area contributed by atoms with Gasteiger partial charge in [0.2, 0.25) is 0 Å². The van der Waals surface area contributed by atoms with Crippen LogP contribution < -0.4 is 4.74 Å². The van der Waals surface area contributed by atoms with Crippen LogP contribution in [0.3, 0.4) is 0 Å². The second-order valence-corrected chi connectivity index (χ2v) is 6.45. The monoisotopic (exact) mass is 305 g/mol. The number of benzene rings is 1. The first-order valence-corrected chi connectivity index (χ1v) is 7.72. The van der Waals surface area contributed by atoms with Crippen molar-refractivity contribution in [1.29, 1.82) is 0 Å². The Morgan fingerprint density at radius 1 is 1.55 bits per heavy atom. The van der Waals surface area contributed by atoms with Gasteiger partial charge < -0.3 is 14.6 Å². The molecule has 5 heteroatoms. The van der Waals surface area contributed by atoms with E-state index in [1.54, 1.807) is 7.11 Å². The van der Waals surface area contributed by atoms with Gasteiger partial charge in [-0.1, -0.05) is 6.07 Å². The van der Waals surface area contributed by atoms with Gasteiger partial charge in [0.05, 0.1) is 19.1 Å². The van der Waals surface area contributed by atoms with Crippen LogP contribution in [0.15, 0.2) is 18.2 Å². The zero-order valence-corrected chi connectivity index (χ0v) is 13.2. The van der Waals surface area contributed by atoms with E-state index >= 15 is 0 Å². The summed E-state index contributed by atoms with van der Waals surface area (Å²) in [5, 5.41) is 9.71. The molecule has 2 aliphatic rings. The highest BCUT2D eigenvalue weighted by atomic mass is 16.5. The van der Waals surface area contributed by atoms with E-state index in [0.29, 0.717) is 26.2 Å². The molecule has 0 saturated carbocycles. The van der Waals surface area contributed by atoms with Crippen LogP contribution in [0.25, 0.3) is 0 Å². The maximum Gasteiger partial charge on any atom is 0.311 e. The highest BCUT2D eigenvalue weighted by Gasteiger charge is 2.53. The zero-order chi connectivity index (χ0) is 15.7. The molecule has 0 aromatic heterocycles. The number of carboxylic acids is 1. The Balaban J connectivity index is 1.76. The topological polar surface area (TPSA) is 59.0 Å². The third kappa shape index (κ3) is 2.59. The molecule has 2 aliphatic heterocycles. The number of ether oxygens (including phenoxy) is 2. The van der Waals surface area contributed by atoms with Gasteiger partial charge in [0.15, 0.2) is 0 Å². The molecule has 0 spiro atoms. The smallest absolute Gasteiger partial charge is 0.311 e. The molecule has 2 heterocycles. The molecule has 120 valence electrons. The lowest BCUT2D eigenvalue weighted by atomic mass is 9.74. The highest BCUT2D eigenvalue weighted by Crippen LogP contribution is 2.43. The predicted molar refractivity (Wildman–Crippen MR) is 82.0 cm³/mol. The molecule has 1 N–H and O–H groups in total. The number of likely N-dealkylation sites (tertiary alicyclic amines) is 1. The maximum absolute atomic E-state index is 11.8. The maximum atomic E-state index is 11.8. The molecule has 2 atom stereocenters. The lowest BCUT2D eigenvalue weighted by Crippen LogP contribution is -2.44. The average Bonchev–Trinajstić information content (AvgIpc) is 2.88. The quantitative estimate of drug-likeness (QED) is 0.921. The van der Waals surface area contributed by atoms with Crippen molar-refractivity contribution in [3.05, 3.63) is 29.3 Å². The Bertz CT molecular complexity index is 574. The molecule has 2 fully saturated rings. The molecule has 2 saturated heterocycles. The van der Waals surface area contributed by atoms with Crippen LogP contribution in [-0.2, 0) is 16.1 Å². The predicted octanol–water partition coefficient (Wildman–Crippen LogP) is 1.93. The van der Waals surface area contributed by atoms with Gasteiger partial charge in [0, 0.05) is 32.2 Å². The van der Waals surface area contributed by atoms with Crippen LogP contribution in [0.1, 0.15) is 17.5 Å². The summed E-state index contributed by atoms with van der Waals surface area (Å²) in [6.07, 6.45) is 0.616. The molecular formula is C17H23NO4. The largest absolute Gasteiger partial charge is 0.497 e. The minimum absolute atomic E-state index is 0.0947. The number of aliphatic carboxylic acids is 1. The Morgan fingerprint density at radius 3 is 3.00 bits per heavy atom. The molecule has 0 unspecified atom stereocenters. The Hall–Kier alpha value is -1.59. The van der Waals surface area contributed by atoms with Gasteiger partial charge in [-0.2, -0.15) is 0 Å². The lowest BCUT2D eigenvalue weighted by Gasteiger charge is -2.34. The number of carbonyl (C=O) groups is 1. The zero-order valence-electron chi connectivity index (χ0n) is 13.2. The van der Waals surface area contributed by atoms with Gasteiger partial charge >= 0.3 is 5.97 Å². The highest BCUT2D eigenvalue weighted by molar-refractivity contribution is 5.76. The van der Waals surface area contributed by atoms with Crippen LogP contribution in [-0.4, -0.2) is 49.4 Å². The first-order valence-electron chi connectivity index (χ1n) is 7.72. The van der Waals surface area contributed by atoms with Gasteiger partial charge in [-0.3, -0.25) is 9.69 Å². The standard InChI is InChI=1S/C17H23NO4/c1-12-7-15(21-2)4-3-13(12)8-18-9-14-10-22-6-5-17(14,11-18)16(19)20/h3-4,7,14H,5-6,8-11H2,1-2H3,(H,19,20)/t14-,17+/m1/s1. The van der Waals surface area contributed by atoms with Gasteiger partial charge in [0.1, 0.15) is 5.75 Å². The summed E-state index contributed by atoms with van der Waals surface area (Å²) < 4.78 is 10.7. The van der Waals surface area contributed by atoms with Crippen molar-refractivity contribution in [3.8, 4) is 5.75 Å². The number of fused-ring (bicyclic) bond motifs is 1. The normalized spacial score (nSPS) is 28.4. The summed E-state index contributed by atoms with van der Waals surface area (Å²) in [5.74, 6) is 0.277. The molecule has 3 rings (SSSR count). The van der Waals surface area contributed by atoms with Crippen LogP contribution >= 0.6 is 0 Å². The molecule has 22 heavy (non-hydrogen) atoms. The number of carboxylic acid groups (broad SMARTS) is 1. The molecule has 0 bridgehead atoms. The number of methoxy groups -OCH3 is 1. The van der Waals surface area contributed by atoms with Crippen molar-refractivity contribution in [2.24, 2.45) is 11.3 Å². The van der Waals surface area contributed by atoms with Crippen LogP contribution in [0.5, 0.6) is 5.75 Å². The molecule has 0 radical (unpaired) electrons. The molecule has 1 aromatic carbocycles. The summed E-state index contributed by atoms with van der Waals surface area (Å²) in [7, 11) is 1.66. The third-order valence-electron chi connectivity index (χ3n) is 5.15. The minimum Gasteiger partial charge on any atom is -0.497 e. The van der Waals surface area contributed by atoms with E-state index < -0.39 is 11.4 Å². The molecule has 1 aromatic rings. The first kappa shape index (κ1) is 15.3. The van der Waals surface area contributed by atoms with Gasteiger partial charge in [-0.15, -0.1) is 0 Å². The van der Waals surface area contributed by atoms with E-state index in [-0.39, 0.29) is 5.92 Å². The summed E-state index contributed by atoms with van der Waals surface area (Å²) in [4.78, 5) is 14.1. The van der Waals surface area contributed by atoms with Gasteiger partial charge in [0.25, 0.3) is 0 Å². The van der Waals surface area contributed by atoms with Crippen molar-refractivity contribution < 1.29 is 19.4 Å². The Kier molecular flexibility index (Phi) is 4.10. The van der Waals surface area contributed by atoms with Crippen molar-refractivity contribution in [3.63, 3.8) is 0 Å². The fourth-order valence-corrected chi connectivity index (χ4v) is 3.74. The third-order valence-corrected chi connectivity index (χ3v) is 5.15. The molecule has 5 nitrogen and oxygen atoms in total. The number of aryl methyl sites for hydroxylation is 1. The number of rotatable bonds is 4. The van der Waals surface area contributed by atoms with Crippen LogP contribution in [0.2, 0.25) is 0 Å². The summed E-state index contributed by atoms with van der Waals surface area (Å²) in [6, 6.07) is 6.05. The summed E-state index contributed by atoms with van der Waals surface area (Å²) in [5.41, 5.74) is 1.77. The van der Waals surface area contributed by atoms with E-state index in [1.165, 1.54) is 11.1 Å². The Morgan fingerprint density at radius 2 is 2.36 bits per heavy atom. The van der Waals surface area contributed by atoms with Crippen molar-refractivity contribution in [2.45, 2.75) is 19.9 Å². The van der Waals surface area contributed by atoms with E-state index in [9.17, 15) is 9.90 Å².